The first-order valence-corrected chi connectivity index (χ1v) is 4.93. The minimum Gasteiger partial charge on any atom is -0.379 e. The van der Waals surface area contributed by atoms with Crippen molar-refractivity contribution in [3.8, 4) is 0 Å². The molecular weight excluding hydrogens is 229 g/mol. The molecule has 0 saturated heterocycles. The molecule has 1 rings (SSSR count). The van der Waals surface area contributed by atoms with Gasteiger partial charge in [-0.25, -0.2) is 0 Å². The normalized spacial score (nSPS) is 9.76. The lowest BCUT2D eigenvalue weighted by atomic mass is 10.2. The van der Waals surface area contributed by atoms with Gasteiger partial charge < -0.3 is 10.6 Å². The van der Waals surface area contributed by atoms with E-state index in [1.54, 1.807) is 0 Å². The second kappa shape index (κ2) is 5.78. The Labute approximate surface area is 97.0 Å². The quantitative estimate of drug-likeness (QED) is 0.600. The molecule has 6 nitrogen and oxygen atoms in total. The van der Waals surface area contributed by atoms with Crippen molar-refractivity contribution in [2.75, 3.05) is 18.9 Å². The standard InChI is InChI=1S/C10H12FN3O3/c1-12-9(15)5-6-13-8-4-2-3-7(11)10(8)14(16)17/h2-4,13H,5-6H2,1H3,(H,12,15). The fraction of sp³-hybridized carbons (Fsp3) is 0.300. The molecule has 1 aromatic rings. The smallest absolute Gasteiger partial charge is 0.327 e. The van der Waals surface area contributed by atoms with Gasteiger partial charge in [0.15, 0.2) is 0 Å². The molecule has 0 bridgehead atoms. The number of benzene rings is 1. The molecule has 0 atom stereocenters. The van der Waals surface area contributed by atoms with E-state index in [9.17, 15) is 19.3 Å². The SMILES string of the molecule is CNC(=O)CCNc1cccc(F)c1[N+](=O)[O-]. The van der Waals surface area contributed by atoms with E-state index in [1.165, 1.54) is 19.2 Å². The first kappa shape index (κ1) is 12.9. The summed E-state index contributed by atoms with van der Waals surface area (Å²) in [4.78, 5) is 20.8. The summed E-state index contributed by atoms with van der Waals surface area (Å²) < 4.78 is 13.2. The fourth-order valence-electron chi connectivity index (χ4n) is 1.28. The van der Waals surface area contributed by atoms with Crippen LogP contribution in [0.25, 0.3) is 0 Å². The minimum atomic E-state index is -0.903. The third kappa shape index (κ3) is 3.40. The van der Waals surface area contributed by atoms with Crippen molar-refractivity contribution < 1.29 is 14.1 Å². The lowest BCUT2D eigenvalue weighted by Crippen LogP contribution is -2.21. The van der Waals surface area contributed by atoms with Crippen LogP contribution >= 0.6 is 0 Å². The van der Waals surface area contributed by atoms with Gasteiger partial charge in [-0.1, -0.05) is 6.07 Å². The van der Waals surface area contributed by atoms with Gasteiger partial charge in [0.25, 0.3) is 0 Å². The van der Waals surface area contributed by atoms with Gasteiger partial charge >= 0.3 is 5.69 Å². The van der Waals surface area contributed by atoms with Gasteiger partial charge in [-0.3, -0.25) is 14.9 Å². The predicted octanol–water partition coefficient (Wildman–Crippen LogP) is 1.28. The number of hydrogen-bond donors (Lipinski definition) is 2. The van der Waals surface area contributed by atoms with Crippen molar-refractivity contribution in [3.63, 3.8) is 0 Å². The number of hydrogen-bond acceptors (Lipinski definition) is 4. The van der Waals surface area contributed by atoms with Gasteiger partial charge in [-0.2, -0.15) is 4.39 Å². The molecule has 0 spiro atoms. The summed E-state index contributed by atoms with van der Waals surface area (Å²) in [5.74, 6) is -1.10. The maximum Gasteiger partial charge on any atom is 0.327 e. The Balaban J connectivity index is 2.74. The van der Waals surface area contributed by atoms with Gasteiger partial charge in [-0.15, -0.1) is 0 Å². The molecule has 0 aliphatic carbocycles. The van der Waals surface area contributed by atoms with Crippen molar-refractivity contribution in [2.24, 2.45) is 0 Å². The van der Waals surface area contributed by atoms with Gasteiger partial charge in [0.2, 0.25) is 11.7 Å². The van der Waals surface area contributed by atoms with Gasteiger partial charge in [-0.05, 0) is 12.1 Å². The monoisotopic (exact) mass is 241 g/mol. The first-order valence-electron chi connectivity index (χ1n) is 4.93. The Bertz CT molecular complexity index is 437. The minimum absolute atomic E-state index is 0.0684. The van der Waals surface area contributed by atoms with Crippen molar-refractivity contribution >= 4 is 17.3 Å². The zero-order valence-electron chi connectivity index (χ0n) is 9.20. The Morgan fingerprint density at radius 3 is 2.82 bits per heavy atom. The summed E-state index contributed by atoms with van der Waals surface area (Å²) in [5.41, 5.74) is -0.539. The maximum atomic E-state index is 13.2. The molecule has 17 heavy (non-hydrogen) atoms. The molecule has 7 heteroatoms. The van der Waals surface area contributed by atoms with Crippen LogP contribution in [-0.4, -0.2) is 24.4 Å². The molecule has 0 aromatic heterocycles. The Kier molecular flexibility index (Phi) is 4.38. The highest BCUT2D eigenvalue weighted by atomic mass is 19.1. The van der Waals surface area contributed by atoms with Crippen molar-refractivity contribution in [1.82, 2.24) is 5.32 Å². The van der Waals surface area contributed by atoms with Crippen LogP contribution in [0.3, 0.4) is 0 Å². The molecule has 0 aliphatic rings. The van der Waals surface area contributed by atoms with E-state index in [1.807, 2.05) is 0 Å². The molecule has 0 aliphatic heterocycles. The van der Waals surface area contributed by atoms with Crippen molar-refractivity contribution in [3.05, 3.63) is 34.1 Å². The number of nitro benzene ring substituents is 1. The number of para-hydroxylation sites is 1. The van der Waals surface area contributed by atoms with E-state index in [0.717, 1.165) is 6.07 Å². The highest BCUT2D eigenvalue weighted by molar-refractivity contribution is 5.76. The number of carbonyl (C=O) groups is 1. The maximum absolute atomic E-state index is 13.2. The molecule has 2 N–H and O–H groups in total. The molecule has 0 unspecified atom stereocenters. The number of halogens is 1. The van der Waals surface area contributed by atoms with Crippen molar-refractivity contribution in [2.45, 2.75) is 6.42 Å². The predicted molar refractivity (Wildman–Crippen MR) is 60.2 cm³/mol. The summed E-state index contributed by atoms with van der Waals surface area (Å²) in [6.45, 7) is 0.198. The van der Waals surface area contributed by atoms with Crippen LogP contribution in [0.1, 0.15) is 6.42 Å². The molecule has 1 aromatic carbocycles. The lowest BCUT2D eigenvalue weighted by Gasteiger charge is -2.06. The number of nitro groups is 1. The first-order chi connectivity index (χ1) is 8.06. The van der Waals surface area contributed by atoms with Crippen LogP contribution < -0.4 is 10.6 Å². The summed E-state index contributed by atoms with van der Waals surface area (Å²) in [5, 5.41) is 15.7. The molecule has 0 fully saturated rings. The number of nitrogens with zero attached hydrogens (tertiary/aromatic N) is 1. The van der Waals surface area contributed by atoms with E-state index >= 15 is 0 Å². The van der Waals surface area contributed by atoms with Crippen LogP contribution in [0.4, 0.5) is 15.8 Å². The number of amides is 1. The Morgan fingerprint density at radius 1 is 1.53 bits per heavy atom. The zero-order valence-corrected chi connectivity index (χ0v) is 9.20. The van der Waals surface area contributed by atoms with Crippen molar-refractivity contribution in [1.29, 1.82) is 0 Å². The van der Waals surface area contributed by atoms with Crippen LogP contribution in [0.15, 0.2) is 18.2 Å². The fourth-order valence-corrected chi connectivity index (χ4v) is 1.28. The van der Waals surface area contributed by atoms with E-state index in [-0.39, 0.29) is 24.6 Å². The number of anilines is 1. The average Bonchev–Trinajstić information content (AvgIpc) is 2.28. The second-order valence-corrected chi connectivity index (χ2v) is 3.24. The largest absolute Gasteiger partial charge is 0.379 e. The second-order valence-electron chi connectivity index (χ2n) is 3.24. The van der Waals surface area contributed by atoms with E-state index < -0.39 is 16.4 Å². The van der Waals surface area contributed by atoms with E-state index in [4.69, 9.17) is 0 Å². The van der Waals surface area contributed by atoms with Gasteiger partial charge in [0, 0.05) is 20.0 Å². The highest BCUT2D eigenvalue weighted by Crippen LogP contribution is 2.26. The van der Waals surface area contributed by atoms with E-state index in [0.29, 0.717) is 0 Å². The molecule has 0 radical (unpaired) electrons. The zero-order chi connectivity index (χ0) is 12.8. The molecular formula is C10H12FN3O3. The highest BCUT2D eigenvalue weighted by Gasteiger charge is 2.19. The molecule has 1 amide bonds. The summed E-state index contributed by atoms with van der Waals surface area (Å²) in [6, 6.07) is 3.78. The van der Waals surface area contributed by atoms with Gasteiger partial charge in [0.1, 0.15) is 5.69 Å². The lowest BCUT2D eigenvalue weighted by molar-refractivity contribution is -0.386. The number of rotatable bonds is 5. The summed E-state index contributed by atoms with van der Waals surface area (Å²) in [6.07, 6.45) is 0.157. The molecule has 0 heterocycles. The van der Waals surface area contributed by atoms with E-state index in [2.05, 4.69) is 10.6 Å². The third-order valence-corrected chi connectivity index (χ3v) is 2.12. The van der Waals surface area contributed by atoms with Crippen LogP contribution in [0, 0.1) is 15.9 Å². The van der Waals surface area contributed by atoms with Crippen LogP contribution in [0.5, 0.6) is 0 Å². The van der Waals surface area contributed by atoms with Crippen LogP contribution in [-0.2, 0) is 4.79 Å². The average molecular weight is 241 g/mol. The third-order valence-electron chi connectivity index (χ3n) is 2.12. The Morgan fingerprint density at radius 2 is 2.24 bits per heavy atom. The topological polar surface area (TPSA) is 84.3 Å². The molecule has 92 valence electrons. The number of nitrogens with one attached hydrogen (secondary N) is 2. The Hall–Kier alpha value is -2.18. The molecule has 0 saturated carbocycles. The number of carbonyl (C=O) groups excluding carboxylic acids is 1. The van der Waals surface area contributed by atoms with Gasteiger partial charge in [0.05, 0.1) is 4.92 Å². The summed E-state index contributed by atoms with van der Waals surface area (Å²) >= 11 is 0. The van der Waals surface area contributed by atoms with Crippen LogP contribution in [0.2, 0.25) is 0 Å². The summed E-state index contributed by atoms with van der Waals surface area (Å²) in [7, 11) is 1.49.